The molecule has 0 saturated carbocycles. The van der Waals surface area contributed by atoms with Crippen LogP contribution in [0.3, 0.4) is 0 Å². The summed E-state index contributed by atoms with van der Waals surface area (Å²) in [5, 5.41) is 4.93. The minimum absolute atomic E-state index is 0.0610. The number of para-hydroxylation sites is 2. The van der Waals surface area contributed by atoms with E-state index in [-0.39, 0.29) is 21.7 Å². The van der Waals surface area contributed by atoms with Crippen LogP contribution >= 0.6 is 0 Å². The quantitative estimate of drug-likeness (QED) is 0.151. The molecule has 4 heteroatoms. The van der Waals surface area contributed by atoms with Gasteiger partial charge in [-0.1, -0.05) is 174 Å². The van der Waals surface area contributed by atoms with Gasteiger partial charge in [0.2, 0.25) is 0 Å². The van der Waals surface area contributed by atoms with E-state index in [1.807, 2.05) is 0 Å². The van der Waals surface area contributed by atoms with Gasteiger partial charge in [0.05, 0.1) is 22.1 Å². The zero-order valence-electron chi connectivity index (χ0n) is 45.4. The van der Waals surface area contributed by atoms with Crippen LogP contribution in [0, 0.1) is 0 Å². The number of benzene rings is 9. The van der Waals surface area contributed by atoms with E-state index in [1.54, 1.807) is 0 Å². The van der Waals surface area contributed by atoms with Crippen molar-refractivity contribution in [2.45, 2.75) is 105 Å². The first-order valence-electron chi connectivity index (χ1n) is 26.4. The summed E-state index contributed by atoms with van der Waals surface area (Å²) in [6, 6.07) is 77.2. The zero-order chi connectivity index (χ0) is 51.9. The summed E-state index contributed by atoms with van der Waals surface area (Å²) < 4.78 is 4.94. The Labute approximate surface area is 439 Å². The van der Waals surface area contributed by atoms with Crippen LogP contribution in [-0.2, 0) is 21.7 Å². The van der Waals surface area contributed by atoms with Gasteiger partial charge in [0.25, 0.3) is 0 Å². The van der Waals surface area contributed by atoms with E-state index in [2.05, 4.69) is 308 Å². The molecule has 0 atom stereocenters. The van der Waals surface area contributed by atoms with E-state index in [0.29, 0.717) is 0 Å². The van der Waals surface area contributed by atoms with Crippen LogP contribution in [0.2, 0.25) is 0 Å². The van der Waals surface area contributed by atoms with E-state index in [9.17, 15) is 0 Å². The normalized spacial score (nSPS) is 12.6. The smallest absolute Gasteiger partial charge is 0.0641 e. The minimum Gasteiger partial charge on any atom is -0.311 e. The third-order valence-electron chi connectivity index (χ3n) is 15.2. The lowest BCUT2D eigenvalue weighted by Gasteiger charge is -2.28. The van der Waals surface area contributed by atoms with Crippen LogP contribution in [0.5, 0.6) is 0 Å². The highest BCUT2D eigenvalue weighted by Crippen LogP contribution is 2.45. The molecule has 0 spiro atoms. The van der Waals surface area contributed by atoms with Gasteiger partial charge in [0, 0.05) is 67.0 Å². The van der Waals surface area contributed by atoms with Crippen molar-refractivity contribution in [2.24, 2.45) is 0 Å². The molecule has 11 rings (SSSR count). The van der Waals surface area contributed by atoms with Gasteiger partial charge in [-0.15, -0.1) is 0 Å². The lowest BCUT2D eigenvalue weighted by molar-refractivity contribution is 0.590. The predicted octanol–water partition coefficient (Wildman–Crippen LogP) is 20.0. The van der Waals surface area contributed by atoms with Crippen molar-refractivity contribution in [3.63, 3.8) is 0 Å². The Bertz CT molecular complexity index is 3690. The Kier molecular flexibility index (Phi) is 11.8. The number of hydrogen-bond acceptors (Lipinski definition) is 2. The monoisotopic (exact) mass is 967 g/mol. The molecule has 74 heavy (non-hydrogen) atoms. The number of rotatable bonds is 8. The number of fused-ring (bicyclic) bond motifs is 7. The summed E-state index contributed by atoms with van der Waals surface area (Å²) in [4.78, 5) is 4.77. The fourth-order valence-corrected chi connectivity index (χ4v) is 10.9. The van der Waals surface area contributed by atoms with Crippen molar-refractivity contribution >= 4 is 77.7 Å². The predicted molar refractivity (Wildman–Crippen MR) is 319 cm³/mol. The van der Waals surface area contributed by atoms with Crippen LogP contribution < -0.4 is 9.80 Å². The first-order chi connectivity index (χ1) is 35.2. The number of nitrogens with zero attached hydrogens (tertiary/aromatic N) is 4. The van der Waals surface area contributed by atoms with E-state index < -0.39 is 0 Å². The van der Waals surface area contributed by atoms with Crippen LogP contribution in [0.15, 0.2) is 206 Å². The summed E-state index contributed by atoms with van der Waals surface area (Å²) in [6.07, 6.45) is 0. The molecule has 0 fully saturated rings. The van der Waals surface area contributed by atoms with Crippen LogP contribution in [0.4, 0.5) is 34.1 Å². The fraction of sp³-hybridized carbons (Fsp3) is 0.229. The second-order valence-electron chi connectivity index (χ2n) is 24.5. The van der Waals surface area contributed by atoms with Crippen molar-refractivity contribution < 1.29 is 0 Å². The molecule has 9 aromatic carbocycles. The third kappa shape index (κ3) is 8.74. The Morgan fingerprint density at radius 1 is 0.257 bits per heavy atom. The first-order valence-corrected chi connectivity index (χ1v) is 26.4. The molecule has 2 aromatic heterocycles. The maximum absolute atomic E-state index is 2.49. The first kappa shape index (κ1) is 48.4. The standard InChI is InChI=1S/C70H70N4/c1-67(2,3)47-21-29-51(30-22-47)71(52-31-23-48(24-32-52)68(4,5)6)55-37-41-57(42-38-55)73-63-20-16-14-18-61(63)65-64(73)46-45-60-59-17-13-15-19-62(59)74(66(60)65)58-43-39-56(40-44-58)72(53-33-25-49(26-34-53)69(7,8)9)54-35-27-50(28-36-54)70(10,11)12/h13-46H,1-12H3. The Balaban J connectivity index is 1.04. The summed E-state index contributed by atoms with van der Waals surface area (Å²) >= 11 is 0. The summed E-state index contributed by atoms with van der Waals surface area (Å²) in [5.41, 5.74) is 19.2. The van der Waals surface area contributed by atoms with Gasteiger partial charge >= 0.3 is 0 Å². The number of hydrogen-bond donors (Lipinski definition) is 0. The van der Waals surface area contributed by atoms with Gasteiger partial charge in [0.1, 0.15) is 0 Å². The molecule has 0 N–H and O–H groups in total. The van der Waals surface area contributed by atoms with Gasteiger partial charge in [-0.2, -0.15) is 0 Å². The molecule has 2 heterocycles. The third-order valence-corrected chi connectivity index (χ3v) is 15.2. The topological polar surface area (TPSA) is 16.3 Å². The molecule has 0 aliphatic rings. The van der Waals surface area contributed by atoms with E-state index >= 15 is 0 Å². The average Bonchev–Trinajstić information content (AvgIpc) is 3.90. The van der Waals surface area contributed by atoms with Crippen LogP contribution in [0.25, 0.3) is 55.0 Å². The fourth-order valence-electron chi connectivity index (χ4n) is 10.9. The lowest BCUT2D eigenvalue weighted by Crippen LogP contribution is -2.14. The Morgan fingerprint density at radius 3 is 0.905 bits per heavy atom. The Hall–Kier alpha value is -7.82. The highest BCUT2D eigenvalue weighted by Gasteiger charge is 2.24. The number of aromatic nitrogens is 2. The van der Waals surface area contributed by atoms with Gasteiger partial charge < -0.3 is 18.9 Å². The largest absolute Gasteiger partial charge is 0.311 e. The van der Waals surface area contributed by atoms with Gasteiger partial charge in [-0.3, -0.25) is 0 Å². The lowest BCUT2D eigenvalue weighted by atomic mass is 9.86. The molecular formula is C70H70N4. The van der Waals surface area contributed by atoms with E-state index in [4.69, 9.17) is 0 Å². The molecule has 0 bridgehead atoms. The van der Waals surface area contributed by atoms with Crippen molar-refractivity contribution in [2.75, 3.05) is 9.80 Å². The maximum atomic E-state index is 2.49. The number of anilines is 6. The van der Waals surface area contributed by atoms with Gasteiger partial charge in [-0.05, 0) is 159 Å². The molecule has 4 nitrogen and oxygen atoms in total. The van der Waals surface area contributed by atoms with Crippen molar-refractivity contribution in [1.29, 1.82) is 0 Å². The second kappa shape index (κ2) is 18.0. The van der Waals surface area contributed by atoms with Crippen molar-refractivity contribution in [3.05, 3.63) is 229 Å². The molecule has 370 valence electrons. The molecule has 11 aromatic rings. The van der Waals surface area contributed by atoms with Crippen molar-refractivity contribution in [1.82, 2.24) is 9.13 Å². The minimum atomic E-state index is 0.0610. The molecule has 0 radical (unpaired) electrons. The summed E-state index contributed by atoms with van der Waals surface area (Å²) in [5.74, 6) is 0. The molecule has 0 aliphatic carbocycles. The summed E-state index contributed by atoms with van der Waals surface area (Å²) in [6.45, 7) is 27.3. The average molecular weight is 967 g/mol. The maximum Gasteiger partial charge on any atom is 0.0641 e. The highest BCUT2D eigenvalue weighted by atomic mass is 15.1. The van der Waals surface area contributed by atoms with Gasteiger partial charge in [0.15, 0.2) is 0 Å². The molecule has 0 unspecified atom stereocenters. The van der Waals surface area contributed by atoms with Crippen LogP contribution in [-0.4, -0.2) is 9.13 Å². The van der Waals surface area contributed by atoms with Gasteiger partial charge in [-0.25, -0.2) is 0 Å². The highest BCUT2D eigenvalue weighted by molar-refractivity contribution is 6.26. The van der Waals surface area contributed by atoms with Crippen molar-refractivity contribution in [3.8, 4) is 11.4 Å². The molecule has 0 aliphatic heterocycles. The van der Waals surface area contributed by atoms with E-state index in [0.717, 1.165) is 45.5 Å². The molecular weight excluding hydrogens is 897 g/mol. The SMILES string of the molecule is CC(C)(C)c1ccc(N(c2ccc(-n3c4ccccc4c4c3ccc3c5ccccc5n(-c5ccc(N(c6ccc(C(C)(C)C)cc6)c6ccc(C(C)(C)C)cc6)cc5)c34)cc2)c2ccc(C(C)(C)C)cc2)cc1. The molecule has 0 saturated heterocycles. The Morgan fingerprint density at radius 2 is 0.554 bits per heavy atom. The van der Waals surface area contributed by atoms with E-state index in [1.165, 1.54) is 65.9 Å². The van der Waals surface area contributed by atoms with Crippen LogP contribution in [0.1, 0.15) is 105 Å². The summed E-state index contributed by atoms with van der Waals surface area (Å²) in [7, 11) is 0. The zero-order valence-corrected chi connectivity index (χ0v) is 45.4. The second-order valence-corrected chi connectivity index (χ2v) is 24.5. The molecule has 0 amide bonds.